The number of methoxy groups -OCH3 is 1. The molecule has 0 spiro atoms. The lowest BCUT2D eigenvalue weighted by Crippen LogP contribution is -1.96. The van der Waals surface area contributed by atoms with Crippen LogP contribution >= 0.6 is 0 Å². The maximum absolute atomic E-state index is 11.2. The number of fused-ring (bicyclic) bond motifs is 1. The molecular formula is C19H16N4O5. The Morgan fingerprint density at radius 2 is 2.21 bits per heavy atom. The quantitative estimate of drug-likeness (QED) is 0.378. The third-order valence-electron chi connectivity index (χ3n) is 3.95. The number of phenolic OH excluding ortho intramolecular Hbond substituents is 1. The molecule has 0 bridgehead atoms. The Balaban J connectivity index is 2.10. The molecule has 3 aromatic rings. The summed E-state index contributed by atoms with van der Waals surface area (Å²) in [7, 11) is 1.55. The minimum absolute atomic E-state index is 0.0328. The summed E-state index contributed by atoms with van der Waals surface area (Å²) in [6.07, 6.45) is 1.43. The molecule has 28 heavy (non-hydrogen) atoms. The van der Waals surface area contributed by atoms with Crippen LogP contribution in [0.2, 0.25) is 0 Å². The first kappa shape index (κ1) is 18.7. The molecular weight excluding hydrogens is 364 g/mol. The second-order valence-corrected chi connectivity index (χ2v) is 5.72. The molecule has 1 heterocycles. The van der Waals surface area contributed by atoms with E-state index < -0.39 is 16.4 Å². The molecule has 0 atom stereocenters. The van der Waals surface area contributed by atoms with Gasteiger partial charge < -0.3 is 19.6 Å². The molecule has 0 saturated heterocycles. The van der Waals surface area contributed by atoms with Crippen molar-refractivity contribution >= 4 is 28.4 Å². The van der Waals surface area contributed by atoms with Crippen LogP contribution in [0.3, 0.4) is 0 Å². The standard InChI is InChI=1S/C19H16N4O5/c1-3-28-17-8-11(7-16(18(17)24)23(25)26)6-12(10-20)19-21-14-5-4-13(27-2)9-15(14)22-19/h4-9,24H,3H2,1-2H3,(H,21,22). The predicted octanol–water partition coefficient (Wildman–Crippen LogP) is 3.65. The summed E-state index contributed by atoms with van der Waals surface area (Å²) in [5.74, 6) is 0.355. The maximum Gasteiger partial charge on any atom is 0.315 e. The molecule has 3 rings (SSSR count). The van der Waals surface area contributed by atoms with Gasteiger partial charge in [0, 0.05) is 12.1 Å². The number of aromatic nitrogens is 2. The molecule has 0 radical (unpaired) electrons. The number of rotatable bonds is 6. The zero-order chi connectivity index (χ0) is 20.3. The first-order chi connectivity index (χ1) is 13.5. The van der Waals surface area contributed by atoms with E-state index in [4.69, 9.17) is 9.47 Å². The topological polar surface area (TPSA) is 134 Å². The number of imidazole rings is 1. The summed E-state index contributed by atoms with van der Waals surface area (Å²) in [5, 5.41) is 30.7. The highest BCUT2D eigenvalue weighted by Gasteiger charge is 2.20. The Labute approximate surface area is 159 Å². The van der Waals surface area contributed by atoms with Crippen molar-refractivity contribution in [2.24, 2.45) is 0 Å². The average molecular weight is 380 g/mol. The van der Waals surface area contributed by atoms with Gasteiger partial charge >= 0.3 is 5.69 Å². The average Bonchev–Trinajstić information content (AvgIpc) is 3.11. The summed E-state index contributed by atoms with van der Waals surface area (Å²) in [5.41, 5.74) is 1.30. The first-order valence-electron chi connectivity index (χ1n) is 8.27. The number of nitro benzene ring substituents is 1. The van der Waals surface area contributed by atoms with Gasteiger partial charge in [-0.05, 0) is 36.8 Å². The minimum atomic E-state index is -0.714. The van der Waals surface area contributed by atoms with Gasteiger partial charge in [-0.15, -0.1) is 0 Å². The van der Waals surface area contributed by atoms with Crippen molar-refractivity contribution in [3.8, 4) is 23.3 Å². The van der Waals surface area contributed by atoms with Crippen molar-refractivity contribution < 1.29 is 19.5 Å². The van der Waals surface area contributed by atoms with Crippen LogP contribution in [-0.4, -0.2) is 33.7 Å². The number of H-pyrrole nitrogens is 1. The number of aromatic amines is 1. The minimum Gasteiger partial charge on any atom is -0.500 e. The van der Waals surface area contributed by atoms with Gasteiger partial charge in [0.05, 0.1) is 35.2 Å². The molecule has 142 valence electrons. The Kier molecular flexibility index (Phi) is 5.13. The van der Waals surface area contributed by atoms with Crippen molar-refractivity contribution in [2.75, 3.05) is 13.7 Å². The van der Waals surface area contributed by atoms with Crippen LogP contribution in [0.25, 0.3) is 22.7 Å². The monoisotopic (exact) mass is 380 g/mol. The molecule has 0 aliphatic rings. The van der Waals surface area contributed by atoms with E-state index in [1.807, 2.05) is 6.07 Å². The fourth-order valence-electron chi connectivity index (χ4n) is 2.67. The van der Waals surface area contributed by atoms with E-state index in [1.165, 1.54) is 18.2 Å². The number of allylic oxidation sites excluding steroid dienone is 1. The lowest BCUT2D eigenvalue weighted by molar-refractivity contribution is -0.386. The summed E-state index contributed by atoms with van der Waals surface area (Å²) < 4.78 is 10.4. The zero-order valence-corrected chi connectivity index (χ0v) is 15.1. The first-order valence-corrected chi connectivity index (χ1v) is 8.27. The normalized spacial score (nSPS) is 11.2. The smallest absolute Gasteiger partial charge is 0.315 e. The molecule has 1 aromatic heterocycles. The molecule has 9 nitrogen and oxygen atoms in total. The number of benzene rings is 2. The predicted molar refractivity (Wildman–Crippen MR) is 102 cm³/mol. The second kappa shape index (κ2) is 7.67. The number of hydrogen-bond donors (Lipinski definition) is 2. The number of nitro groups is 1. The Morgan fingerprint density at radius 3 is 2.86 bits per heavy atom. The van der Waals surface area contributed by atoms with E-state index in [1.54, 1.807) is 32.2 Å². The molecule has 0 fully saturated rings. The third-order valence-corrected chi connectivity index (χ3v) is 3.95. The number of hydrogen-bond acceptors (Lipinski definition) is 7. The molecule has 9 heteroatoms. The number of nitrogens with zero attached hydrogens (tertiary/aromatic N) is 3. The van der Waals surface area contributed by atoms with Crippen LogP contribution < -0.4 is 9.47 Å². The largest absolute Gasteiger partial charge is 0.500 e. The van der Waals surface area contributed by atoms with E-state index in [2.05, 4.69) is 9.97 Å². The highest BCUT2D eigenvalue weighted by molar-refractivity contribution is 5.91. The Morgan fingerprint density at radius 1 is 1.43 bits per heavy atom. The lowest BCUT2D eigenvalue weighted by atomic mass is 10.1. The molecule has 2 N–H and O–H groups in total. The van der Waals surface area contributed by atoms with Gasteiger partial charge in [0.15, 0.2) is 5.75 Å². The lowest BCUT2D eigenvalue weighted by Gasteiger charge is -2.07. The summed E-state index contributed by atoms with van der Waals surface area (Å²) in [6.45, 7) is 1.91. The summed E-state index contributed by atoms with van der Waals surface area (Å²) >= 11 is 0. The number of aromatic hydroxyl groups is 1. The fourth-order valence-corrected chi connectivity index (χ4v) is 2.67. The van der Waals surface area contributed by atoms with Gasteiger partial charge in [-0.3, -0.25) is 10.1 Å². The zero-order valence-electron chi connectivity index (χ0n) is 15.1. The van der Waals surface area contributed by atoms with Crippen molar-refractivity contribution in [1.82, 2.24) is 9.97 Å². The molecule has 0 amide bonds. The number of nitriles is 1. The van der Waals surface area contributed by atoms with Crippen LogP contribution in [0.1, 0.15) is 18.3 Å². The van der Waals surface area contributed by atoms with Gasteiger partial charge in [-0.25, -0.2) is 4.98 Å². The highest BCUT2D eigenvalue weighted by Crippen LogP contribution is 2.38. The molecule has 0 saturated carbocycles. The number of nitrogens with one attached hydrogen (secondary N) is 1. The Hall–Kier alpha value is -4.06. The van der Waals surface area contributed by atoms with E-state index in [0.717, 1.165) is 0 Å². The number of ether oxygens (including phenoxy) is 2. The molecule has 2 aromatic carbocycles. The highest BCUT2D eigenvalue weighted by atomic mass is 16.6. The van der Waals surface area contributed by atoms with Crippen molar-refractivity contribution in [3.63, 3.8) is 0 Å². The fraction of sp³-hybridized carbons (Fsp3) is 0.158. The third kappa shape index (κ3) is 3.57. The van der Waals surface area contributed by atoms with Crippen LogP contribution in [0.15, 0.2) is 30.3 Å². The van der Waals surface area contributed by atoms with Crippen LogP contribution in [0.4, 0.5) is 5.69 Å². The van der Waals surface area contributed by atoms with Crippen molar-refractivity contribution in [3.05, 3.63) is 51.8 Å². The van der Waals surface area contributed by atoms with Gasteiger partial charge in [-0.1, -0.05) is 0 Å². The van der Waals surface area contributed by atoms with Crippen molar-refractivity contribution in [2.45, 2.75) is 6.92 Å². The maximum atomic E-state index is 11.2. The van der Waals surface area contributed by atoms with Gasteiger partial charge in [-0.2, -0.15) is 5.26 Å². The van der Waals surface area contributed by atoms with Crippen LogP contribution in [0.5, 0.6) is 17.2 Å². The molecule has 0 aliphatic heterocycles. The van der Waals surface area contributed by atoms with Crippen LogP contribution in [0, 0.1) is 21.4 Å². The van der Waals surface area contributed by atoms with E-state index >= 15 is 0 Å². The van der Waals surface area contributed by atoms with E-state index in [0.29, 0.717) is 28.2 Å². The summed E-state index contributed by atoms with van der Waals surface area (Å²) in [6, 6.07) is 9.88. The summed E-state index contributed by atoms with van der Waals surface area (Å²) in [4.78, 5) is 17.9. The van der Waals surface area contributed by atoms with Crippen LogP contribution in [-0.2, 0) is 0 Å². The molecule has 0 aliphatic carbocycles. The number of phenols is 1. The SMILES string of the molecule is CCOc1cc(C=C(C#N)c2nc3ccc(OC)cc3[nH]2)cc([N+](=O)[O-])c1O. The van der Waals surface area contributed by atoms with E-state index in [-0.39, 0.29) is 17.9 Å². The van der Waals surface area contributed by atoms with Gasteiger partial charge in [0.25, 0.3) is 0 Å². The second-order valence-electron chi connectivity index (χ2n) is 5.72. The Bertz CT molecular complexity index is 1130. The molecule has 0 unspecified atom stereocenters. The van der Waals surface area contributed by atoms with E-state index in [9.17, 15) is 20.5 Å². The van der Waals surface area contributed by atoms with Gasteiger partial charge in [0.2, 0.25) is 5.75 Å². The van der Waals surface area contributed by atoms with Crippen molar-refractivity contribution in [1.29, 1.82) is 5.26 Å². The van der Waals surface area contributed by atoms with Gasteiger partial charge in [0.1, 0.15) is 17.6 Å².